The average molecular weight is 369 g/mol. The van der Waals surface area contributed by atoms with Gasteiger partial charge in [0.25, 0.3) is 0 Å². The highest BCUT2D eigenvalue weighted by molar-refractivity contribution is 7.89. The number of carbonyl (C=O) groups excluding carboxylic acids is 1. The summed E-state index contributed by atoms with van der Waals surface area (Å²) in [5, 5.41) is 0. The molecule has 134 valence electrons. The van der Waals surface area contributed by atoms with Crippen molar-refractivity contribution in [2.24, 2.45) is 0 Å². The van der Waals surface area contributed by atoms with Crippen LogP contribution in [0.25, 0.3) is 0 Å². The van der Waals surface area contributed by atoms with Crippen LogP contribution in [-0.4, -0.2) is 32.3 Å². The first kappa shape index (κ1) is 19.0. The zero-order chi connectivity index (χ0) is 18.4. The molecule has 0 fully saturated rings. The fraction of sp³-hybridized carbons (Fsp3) is 0.235. The molecule has 0 N–H and O–H groups in total. The molecule has 0 bridgehead atoms. The lowest BCUT2D eigenvalue weighted by atomic mass is 10.2. The van der Waals surface area contributed by atoms with Gasteiger partial charge >= 0.3 is 5.97 Å². The van der Waals surface area contributed by atoms with E-state index in [1.54, 1.807) is 30.3 Å². The number of halogens is 2. The molecule has 0 atom stereocenters. The van der Waals surface area contributed by atoms with Gasteiger partial charge in [-0.05, 0) is 17.7 Å². The van der Waals surface area contributed by atoms with Gasteiger partial charge in [-0.3, -0.25) is 4.79 Å². The Morgan fingerprint density at radius 1 is 1.08 bits per heavy atom. The van der Waals surface area contributed by atoms with E-state index in [1.165, 1.54) is 7.11 Å². The van der Waals surface area contributed by atoms with Crippen LogP contribution in [-0.2, 0) is 26.1 Å². The summed E-state index contributed by atoms with van der Waals surface area (Å²) in [6.07, 6.45) is -0.180. The summed E-state index contributed by atoms with van der Waals surface area (Å²) in [4.78, 5) is 10.9. The molecule has 0 aliphatic rings. The minimum absolute atomic E-state index is 0.0434. The first-order chi connectivity index (χ1) is 11.8. The minimum Gasteiger partial charge on any atom is -0.469 e. The van der Waals surface area contributed by atoms with Crippen molar-refractivity contribution in [2.45, 2.75) is 17.9 Å². The lowest BCUT2D eigenvalue weighted by Gasteiger charge is -2.22. The van der Waals surface area contributed by atoms with Crippen molar-refractivity contribution in [1.29, 1.82) is 0 Å². The fourth-order valence-electron chi connectivity index (χ4n) is 2.22. The predicted octanol–water partition coefficient (Wildman–Crippen LogP) is 2.72. The smallest absolute Gasteiger partial charge is 0.306 e. The van der Waals surface area contributed by atoms with Crippen LogP contribution in [0, 0.1) is 11.6 Å². The molecule has 0 heterocycles. The second-order valence-corrected chi connectivity index (χ2v) is 7.19. The molecule has 0 aliphatic heterocycles. The largest absolute Gasteiger partial charge is 0.469 e. The average Bonchev–Trinajstić information content (AvgIpc) is 2.58. The zero-order valence-electron chi connectivity index (χ0n) is 13.5. The predicted molar refractivity (Wildman–Crippen MR) is 87.0 cm³/mol. The third kappa shape index (κ3) is 5.07. The standard InChI is InChI=1S/C17H17F2NO4S/c1-24-17(21)7-8-20(12-13-5-3-2-4-6-13)25(22,23)16-10-14(18)9-15(19)11-16/h2-6,9-11H,7-8,12H2,1H3. The third-order valence-electron chi connectivity index (χ3n) is 3.47. The van der Waals surface area contributed by atoms with Crippen molar-refractivity contribution in [2.75, 3.05) is 13.7 Å². The molecule has 2 aromatic carbocycles. The molecule has 0 aromatic heterocycles. The summed E-state index contributed by atoms with van der Waals surface area (Å²) in [7, 11) is -3.01. The summed E-state index contributed by atoms with van der Waals surface area (Å²) >= 11 is 0. The van der Waals surface area contributed by atoms with E-state index < -0.39 is 32.5 Å². The lowest BCUT2D eigenvalue weighted by Crippen LogP contribution is -2.33. The molecule has 0 radical (unpaired) electrons. The molecule has 5 nitrogen and oxygen atoms in total. The van der Waals surface area contributed by atoms with Gasteiger partial charge < -0.3 is 4.74 Å². The number of hydrogen-bond donors (Lipinski definition) is 0. The van der Waals surface area contributed by atoms with Crippen LogP contribution in [0.2, 0.25) is 0 Å². The van der Waals surface area contributed by atoms with Crippen molar-refractivity contribution in [3.8, 4) is 0 Å². The van der Waals surface area contributed by atoms with Crippen LogP contribution < -0.4 is 0 Å². The van der Waals surface area contributed by atoms with Gasteiger partial charge in [0.05, 0.1) is 18.4 Å². The maximum Gasteiger partial charge on any atom is 0.306 e. The van der Waals surface area contributed by atoms with Gasteiger partial charge in [-0.25, -0.2) is 17.2 Å². The second kappa shape index (κ2) is 8.17. The van der Waals surface area contributed by atoms with Crippen molar-refractivity contribution >= 4 is 16.0 Å². The number of methoxy groups -OCH3 is 1. The fourth-order valence-corrected chi connectivity index (χ4v) is 3.69. The molecular weight excluding hydrogens is 352 g/mol. The van der Waals surface area contributed by atoms with Crippen molar-refractivity contribution in [3.63, 3.8) is 0 Å². The lowest BCUT2D eigenvalue weighted by molar-refractivity contribution is -0.140. The van der Waals surface area contributed by atoms with E-state index >= 15 is 0 Å². The Kier molecular flexibility index (Phi) is 6.22. The molecule has 0 saturated carbocycles. The van der Waals surface area contributed by atoms with Crippen molar-refractivity contribution in [1.82, 2.24) is 4.31 Å². The first-order valence-corrected chi connectivity index (χ1v) is 8.84. The van der Waals surface area contributed by atoms with E-state index in [0.717, 1.165) is 16.4 Å². The van der Waals surface area contributed by atoms with Crippen LogP contribution in [0.1, 0.15) is 12.0 Å². The SMILES string of the molecule is COC(=O)CCN(Cc1ccccc1)S(=O)(=O)c1cc(F)cc(F)c1. The highest BCUT2D eigenvalue weighted by atomic mass is 32.2. The van der Waals surface area contributed by atoms with Gasteiger partial charge in [0.2, 0.25) is 10.0 Å². The van der Waals surface area contributed by atoms with Gasteiger partial charge in [-0.1, -0.05) is 30.3 Å². The van der Waals surface area contributed by atoms with E-state index in [2.05, 4.69) is 4.74 Å². The van der Waals surface area contributed by atoms with E-state index in [1.807, 2.05) is 0 Å². The number of sulfonamides is 1. The molecule has 2 rings (SSSR count). The molecule has 8 heteroatoms. The van der Waals surface area contributed by atoms with E-state index in [0.29, 0.717) is 11.6 Å². The molecule has 0 saturated heterocycles. The maximum atomic E-state index is 13.4. The van der Waals surface area contributed by atoms with Crippen LogP contribution in [0.15, 0.2) is 53.4 Å². The molecule has 0 amide bonds. The molecule has 0 spiro atoms. The summed E-state index contributed by atoms with van der Waals surface area (Å²) in [5.74, 6) is -2.57. The van der Waals surface area contributed by atoms with Gasteiger partial charge in [-0.15, -0.1) is 0 Å². The molecule has 25 heavy (non-hydrogen) atoms. The van der Waals surface area contributed by atoms with E-state index in [9.17, 15) is 22.0 Å². The molecule has 2 aromatic rings. The number of benzene rings is 2. The van der Waals surface area contributed by atoms with Crippen molar-refractivity contribution in [3.05, 3.63) is 65.7 Å². The highest BCUT2D eigenvalue weighted by Gasteiger charge is 2.26. The number of ether oxygens (including phenoxy) is 1. The molecule has 0 aliphatic carbocycles. The summed E-state index contributed by atoms with van der Waals surface area (Å²) in [6.45, 7) is -0.222. The van der Waals surface area contributed by atoms with E-state index in [-0.39, 0.29) is 19.5 Å². The number of esters is 1. The normalized spacial score (nSPS) is 11.5. The number of rotatable bonds is 7. The van der Waals surface area contributed by atoms with Gasteiger partial charge in [0, 0.05) is 19.2 Å². The number of nitrogens with zero attached hydrogens (tertiary/aromatic N) is 1. The Labute approximate surface area is 144 Å². The Balaban J connectivity index is 2.36. The van der Waals surface area contributed by atoms with Crippen LogP contribution in [0.5, 0.6) is 0 Å². The first-order valence-electron chi connectivity index (χ1n) is 7.40. The topological polar surface area (TPSA) is 63.7 Å². The Bertz CT molecular complexity index is 821. The monoisotopic (exact) mass is 369 g/mol. The number of hydrogen-bond acceptors (Lipinski definition) is 4. The quantitative estimate of drug-likeness (QED) is 0.704. The van der Waals surface area contributed by atoms with Crippen LogP contribution >= 0.6 is 0 Å². The van der Waals surface area contributed by atoms with Gasteiger partial charge in [0.1, 0.15) is 11.6 Å². The van der Waals surface area contributed by atoms with Crippen LogP contribution in [0.3, 0.4) is 0 Å². The van der Waals surface area contributed by atoms with E-state index in [4.69, 9.17) is 0 Å². The Morgan fingerprint density at radius 2 is 1.68 bits per heavy atom. The molecule has 0 unspecified atom stereocenters. The van der Waals surface area contributed by atoms with Crippen LogP contribution in [0.4, 0.5) is 8.78 Å². The maximum absolute atomic E-state index is 13.4. The van der Waals surface area contributed by atoms with Gasteiger partial charge in [-0.2, -0.15) is 4.31 Å². The number of carbonyl (C=O) groups is 1. The molecular formula is C17H17F2NO4S. The Hall–Kier alpha value is -2.32. The zero-order valence-corrected chi connectivity index (χ0v) is 14.3. The third-order valence-corrected chi connectivity index (χ3v) is 5.29. The Morgan fingerprint density at radius 3 is 2.24 bits per heavy atom. The van der Waals surface area contributed by atoms with Gasteiger partial charge in [0.15, 0.2) is 0 Å². The minimum atomic E-state index is -4.20. The van der Waals surface area contributed by atoms with Crippen molar-refractivity contribution < 1.29 is 26.7 Å². The summed E-state index contributed by atoms with van der Waals surface area (Å²) in [6, 6.07) is 10.8. The second-order valence-electron chi connectivity index (χ2n) is 5.26. The summed E-state index contributed by atoms with van der Waals surface area (Å²) < 4.78 is 57.9. The highest BCUT2D eigenvalue weighted by Crippen LogP contribution is 2.21. The summed E-state index contributed by atoms with van der Waals surface area (Å²) in [5.41, 5.74) is 0.674.